The van der Waals surface area contributed by atoms with Gasteiger partial charge in [0, 0.05) is 37.4 Å². The van der Waals surface area contributed by atoms with Crippen LogP contribution in [0.1, 0.15) is 26.7 Å². The van der Waals surface area contributed by atoms with Crippen molar-refractivity contribution in [1.29, 1.82) is 0 Å². The Kier molecular flexibility index (Phi) is 2.79. The molecule has 0 saturated carbocycles. The van der Waals surface area contributed by atoms with Crippen molar-refractivity contribution in [1.82, 2.24) is 9.88 Å². The van der Waals surface area contributed by atoms with Gasteiger partial charge in [-0.3, -0.25) is 4.90 Å². The standard InChI is InChI=1S/C14H21N3/c1-11(2)16-9-12-6-7-13(10-16)17(12)14-5-3-4-8-15-14/h3-5,8,11-13H,6-7,9-10H2,1-2H3. The van der Waals surface area contributed by atoms with Crippen LogP contribution in [0.5, 0.6) is 0 Å². The second-order valence-corrected chi connectivity index (χ2v) is 5.53. The molecule has 2 saturated heterocycles. The van der Waals surface area contributed by atoms with Crippen molar-refractivity contribution in [2.24, 2.45) is 0 Å². The Hall–Kier alpha value is -1.09. The minimum atomic E-state index is 0.670. The van der Waals surface area contributed by atoms with Crippen molar-refractivity contribution >= 4 is 5.82 Å². The second kappa shape index (κ2) is 4.30. The van der Waals surface area contributed by atoms with E-state index in [1.165, 1.54) is 31.7 Å². The van der Waals surface area contributed by atoms with Crippen molar-refractivity contribution in [3.8, 4) is 0 Å². The number of likely N-dealkylation sites (tertiary alicyclic amines) is 1. The van der Waals surface area contributed by atoms with E-state index in [-0.39, 0.29) is 0 Å². The fourth-order valence-corrected chi connectivity index (χ4v) is 3.24. The highest BCUT2D eigenvalue weighted by Gasteiger charge is 2.40. The number of hydrogen-bond donors (Lipinski definition) is 0. The van der Waals surface area contributed by atoms with E-state index in [9.17, 15) is 0 Å². The van der Waals surface area contributed by atoms with E-state index >= 15 is 0 Å². The van der Waals surface area contributed by atoms with Crippen molar-refractivity contribution < 1.29 is 0 Å². The highest BCUT2D eigenvalue weighted by atomic mass is 15.4. The van der Waals surface area contributed by atoms with Crippen LogP contribution in [-0.2, 0) is 0 Å². The van der Waals surface area contributed by atoms with Gasteiger partial charge in [0.05, 0.1) is 0 Å². The Morgan fingerprint density at radius 2 is 1.88 bits per heavy atom. The average molecular weight is 231 g/mol. The van der Waals surface area contributed by atoms with Gasteiger partial charge in [0.15, 0.2) is 0 Å². The van der Waals surface area contributed by atoms with Gasteiger partial charge in [0.1, 0.15) is 5.82 Å². The van der Waals surface area contributed by atoms with Crippen molar-refractivity contribution in [2.75, 3.05) is 18.0 Å². The molecule has 2 aliphatic heterocycles. The molecular formula is C14H21N3. The van der Waals surface area contributed by atoms with Crippen LogP contribution < -0.4 is 4.90 Å². The number of fused-ring (bicyclic) bond motifs is 2. The minimum Gasteiger partial charge on any atom is -0.348 e. The molecule has 3 rings (SSSR count). The smallest absolute Gasteiger partial charge is 0.129 e. The number of rotatable bonds is 2. The number of hydrogen-bond acceptors (Lipinski definition) is 3. The van der Waals surface area contributed by atoms with Gasteiger partial charge in [-0.2, -0.15) is 0 Å². The molecule has 0 aromatic carbocycles. The lowest BCUT2D eigenvalue weighted by Gasteiger charge is -2.43. The van der Waals surface area contributed by atoms with Gasteiger partial charge in [0.25, 0.3) is 0 Å². The first kappa shape index (κ1) is 11.0. The van der Waals surface area contributed by atoms with Crippen LogP contribution in [-0.4, -0.2) is 41.1 Å². The third-order valence-electron chi connectivity index (χ3n) is 4.15. The maximum absolute atomic E-state index is 4.52. The van der Waals surface area contributed by atoms with Crippen LogP contribution in [0.2, 0.25) is 0 Å². The van der Waals surface area contributed by atoms with Crippen LogP contribution in [0.3, 0.4) is 0 Å². The Balaban J connectivity index is 1.82. The first-order valence-electron chi connectivity index (χ1n) is 6.69. The third-order valence-corrected chi connectivity index (χ3v) is 4.15. The number of anilines is 1. The second-order valence-electron chi connectivity index (χ2n) is 5.53. The lowest BCUT2D eigenvalue weighted by molar-refractivity contribution is 0.177. The molecule has 2 atom stereocenters. The van der Waals surface area contributed by atoms with Gasteiger partial charge >= 0.3 is 0 Å². The Labute approximate surface area is 103 Å². The van der Waals surface area contributed by atoms with Gasteiger partial charge in [-0.05, 0) is 38.8 Å². The molecule has 3 heterocycles. The molecule has 0 aliphatic carbocycles. The highest BCUT2D eigenvalue weighted by molar-refractivity contribution is 5.43. The largest absolute Gasteiger partial charge is 0.348 e. The fraction of sp³-hybridized carbons (Fsp3) is 0.643. The van der Waals surface area contributed by atoms with Crippen LogP contribution in [0.4, 0.5) is 5.82 Å². The summed E-state index contributed by atoms with van der Waals surface area (Å²) >= 11 is 0. The quantitative estimate of drug-likeness (QED) is 0.777. The number of nitrogens with zero attached hydrogens (tertiary/aromatic N) is 3. The lowest BCUT2D eigenvalue weighted by atomic mass is 10.1. The van der Waals surface area contributed by atoms with Crippen LogP contribution >= 0.6 is 0 Å². The van der Waals surface area contributed by atoms with E-state index in [1.807, 2.05) is 12.3 Å². The van der Waals surface area contributed by atoms with Gasteiger partial charge in [0.2, 0.25) is 0 Å². The molecule has 1 aromatic heterocycles. The molecule has 2 fully saturated rings. The van der Waals surface area contributed by atoms with E-state index in [2.05, 4.69) is 40.8 Å². The summed E-state index contributed by atoms with van der Waals surface area (Å²) in [5.41, 5.74) is 0. The lowest BCUT2D eigenvalue weighted by Crippen LogP contribution is -2.55. The predicted molar refractivity (Wildman–Crippen MR) is 70.2 cm³/mol. The van der Waals surface area contributed by atoms with Crippen molar-refractivity contribution in [2.45, 2.75) is 44.8 Å². The summed E-state index contributed by atoms with van der Waals surface area (Å²) in [7, 11) is 0. The molecule has 2 aliphatic rings. The Bertz CT molecular complexity index is 362. The average Bonchev–Trinajstić information content (AvgIpc) is 2.60. The first-order valence-corrected chi connectivity index (χ1v) is 6.69. The molecule has 3 heteroatoms. The summed E-state index contributed by atoms with van der Waals surface area (Å²) in [4.78, 5) is 9.69. The number of aromatic nitrogens is 1. The van der Waals surface area contributed by atoms with Crippen molar-refractivity contribution in [3.05, 3.63) is 24.4 Å². The maximum Gasteiger partial charge on any atom is 0.129 e. The van der Waals surface area contributed by atoms with E-state index in [0.717, 1.165) is 0 Å². The molecule has 92 valence electrons. The summed E-state index contributed by atoms with van der Waals surface area (Å²) in [6.07, 6.45) is 4.55. The van der Waals surface area contributed by atoms with E-state index in [4.69, 9.17) is 0 Å². The molecule has 2 bridgehead atoms. The van der Waals surface area contributed by atoms with E-state index in [1.54, 1.807) is 0 Å². The first-order chi connectivity index (χ1) is 8.25. The van der Waals surface area contributed by atoms with Crippen LogP contribution in [0.15, 0.2) is 24.4 Å². The minimum absolute atomic E-state index is 0.670. The fourth-order valence-electron chi connectivity index (χ4n) is 3.24. The molecule has 1 aromatic rings. The molecular weight excluding hydrogens is 210 g/mol. The number of piperazine rings is 1. The van der Waals surface area contributed by atoms with E-state index in [0.29, 0.717) is 18.1 Å². The molecule has 0 N–H and O–H groups in total. The zero-order chi connectivity index (χ0) is 11.8. The zero-order valence-corrected chi connectivity index (χ0v) is 10.7. The summed E-state index contributed by atoms with van der Waals surface area (Å²) < 4.78 is 0. The van der Waals surface area contributed by atoms with Gasteiger partial charge in [-0.1, -0.05) is 6.07 Å². The van der Waals surface area contributed by atoms with Crippen molar-refractivity contribution in [3.63, 3.8) is 0 Å². The van der Waals surface area contributed by atoms with Crippen LogP contribution in [0, 0.1) is 0 Å². The Morgan fingerprint density at radius 3 is 2.41 bits per heavy atom. The molecule has 3 nitrogen and oxygen atoms in total. The summed E-state index contributed by atoms with van der Waals surface area (Å²) in [5.74, 6) is 1.17. The molecule has 17 heavy (non-hydrogen) atoms. The van der Waals surface area contributed by atoms with Gasteiger partial charge in [-0.25, -0.2) is 4.98 Å². The summed E-state index contributed by atoms with van der Waals surface area (Å²) in [6.45, 7) is 7.00. The maximum atomic E-state index is 4.52. The molecule has 0 spiro atoms. The third kappa shape index (κ3) is 1.93. The van der Waals surface area contributed by atoms with Gasteiger partial charge in [-0.15, -0.1) is 0 Å². The predicted octanol–water partition coefficient (Wildman–Crippen LogP) is 2.14. The normalized spacial score (nSPS) is 29.0. The topological polar surface area (TPSA) is 19.4 Å². The highest BCUT2D eigenvalue weighted by Crippen LogP contribution is 2.34. The van der Waals surface area contributed by atoms with Gasteiger partial charge < -0.3 is 4.90 Å². The monoisotopic (exact) mass is 231 g/mol. The molecule has 0 amide bonds. The molecule has 2 unspecified atom stereocenters. The SMILES string of the molecule is CC(C)N1CC2CCC(C1)N2c1ccccn1. The molecule has 0 radical (unpaired) electrons. The summed E-state index contributed by atoms with van der Waals surface area (Å²) in [6, 6.07) is 8.25. The van der Waals surface area contributed by atoms with Crippen LogP contribution in [0.25, 0.3) is 0 Å². The zero-order valence-electron chi connectivity index (χ0n) is 10.7. The Morgan fingerprint density at radius 1 is 1.18 bits per heavy atom. The summed E-state index contributed by atoms with van der Waals surface area (Å²) in [5, 5.41) is 0. The van der Waals surface area contributed by atoms with E-state index < -0.39 is 0 Å². The number of pyridine rings is 1.